The van der Waals surface area contributed by atoms with Crippen LogP contribution in [0.15, 0.2) is 89.8 Å². The van der Waals surface area contributed by atoms with Gasteiger partial charge in [0.1, 0.15) is 5.75 Å². The van der Waals surface area contributed by atoms with Crippen LogP contribution in [-0.4, -0.2) is 30.9 Å². The molecule has 0 bridgehead atoms. The lowest BCUT2D eigenvalue weighted by molar-refractivity contribution is -0.118. The zero-order valence-electron chi connectivity index (χ0n) is 19.2. The summed E-state index contributed by atoms with van der Waals surface area (Å²) >= 11 is 0. The van der Waals surface area contributed by atoms with Crippen molar-refractivity contribution in [3.8, 4) is 16.9 Å². The van der Waals surface area contributed by atoms with E-state index in [1.807, 2.05) is 54.6 Å². The molecule has 0 fully saturated rings. The average Bonchev–Trinajstić information content (AvgIpc) is 2.83. The zero-order chi connectivity index (χ0) is 24.8. The highest BCUT2D eigenvalue weighted by molar-refractivity contribution is 7.92. The van der Waals surface area contributed by atoms with Gasteiger partial charge in [0.15, 0.2) is 6.61 Å². The molecule has 8 nitrogen and oxygen atoms in total. The van der Waals surface area contributed by atoms with Crippen LogP contribution in [0.5, 0.6) is 5.75 Å². The van der Waals surface area contributed by atoms with Gasteiger partial charge in [-0.1, -0.05) is 48.5 Å². The molecule has 2 N–H and O–H groups in total. The maximum Gasteiger partial charge on any atom is 0.264 e. The normalized spacial score (nSPS) is 11.0. The van der Waals surface area contributed by atoms with Crippen molar-refractivity contribution in [3.63, 3.8) is 0 Å². The molecule has 35 heavy (non-hydrogen) atoms. The van der Waals surface area contributed by atoms with Crippen molar-refractivity contribution in [3.05, 3.63) is 96.3 Å². The van der Waals surface area contributed by atoms with Crippen LogP contribution >= 0.6 is 0 Å². The highest BCUT2D eigenvalue weighted by atomic mass is 32.2. The summed E-state index contributed by atoms with van der Waals surface area (Å²) in [6, 6.07) is 24.8. The molecule has 1 amide bonds. The highest BCUT2D eigenvalue weighted by Gasteiger charge is 2.16. The minimum atomic E-state index is -3.88. The van der Waals surface area contributed by atoms with Crippen LogP contribution in [-0.2, 0) is 14.8 Å². The van der Waals surface area contributed by atoms with Crippen molar-refractivity contribution < 1.29 is 17.9 Å². The number of carbonyl (C=O) groups excluding carboxylic acids is 1. The van der Waals surface area contributed by atoms with Crippen LogP contribution < -0.4 is 14.8 Å². The highest BCUT2D eigenvalue weighted by Crippen LogP contribution is 2.29. The fraction of sp³-hybridized carbons (Fsp3) is 0.115. The van der Waals surface area contributed by atoms with Crippen molar-refractivity contribution in [2.24, 2.45) is 0 Å². The summed E-state index contributed by atoms with van der Waals surface area (Å²) in [5.74, 6) is 0.230. The molecule has 4 rings (SSSR count). The number of nitrogens with one attached hydrogen (secondary N) is 2. The second-order valence-corrected chi connectivity index (χ2v) is 9.49. The van der Waals surface area contributed by atoms with Gasteiger partial charge in [-0.05, 0) is 55.8 Å². The minimum absolute atomic E-state index is 0.00723. The van der Waals surface area contributed by atoms with Gasteiger partial charge in [0.25, 0.3) is 15.9 Å². The summed E-state index contributed by atoms with van der Waals surface area (Å²) in [6.45, 7) is 3.32. The molecule has 0 aliphatic carbocycles. The Morgan fingerprint density at radius 2 is 1.49 bits per heavy atom. The Morgan fingerprint density at radius 1 is 0.857 bits per heavy atom. The molecule has 0 saturated carbocycles. The molecule has 0 unspecified atom stereocenters. The summed E-state index contributed by atoms with van der Waals surface area (Å²) in [6.07, 6.45) is 0. The van der Waals surface area contributed by atoms with E-state index in [2.05, 4.69) is 20.0 Å². The minimum Gasteiger partial charge on any atom is -0.483 e. The van der Waals surface area contributed by atoms with Crippen molar-refractivity contribution in [1.82, 2.24) is 9.97 Å². The Balaban J connectivity index is 1.38. The lowest BCUT2D eigenvalue weighted by Gasteiger charge is -2.12. The number of para-hydroxylation sites is 1. The third-order valence-corrected chi connectivity index (χ3v) is 6.33. The smallest absolute Gasteiger partial charge is 0.264 e. The van der Waals surface area contributed by atoms with Gasteiger partial charge in [-0.15, -0.1) is 0 Å². The molecule has 4 aromatic rings. The van der Waals surface area contributed by atoms with Gasteiger partial charge < -0.3 is 10.1 Å². The number of ether oxygens (including phenoxy) is 1. The van der Waals surface area contributed by atoms with Crippen LogP contribution in [0.25, 0.3) is 11.1 Å². The number of rotatable bonds is 8. The summed E-state index contributed by atoms with van der Waals surface area (Å²) in [5, 5.41) is 2.71. The number of hydrogen-bond acceptors (Lipinski definition) is 6. The predicted octanol–water partition coefficient (Wildman–Crippen LogP) is 4.58. The van der Waals surface area contributed by atoms with Crippen LogP contribution in [0.3, 0.4) is 0 Å². The first kappa shape index (κ1) is 23.9. The molecule has 0 atom stereocenters. The monoisotopic (exact) mass is 488 g/mol. The van der Waals surface area contributed by atoms with Crippen LogP contribution in [0.1, 0.15) is 11.4 Å². The van der Waals surface area contributed by atoms with E-state index in [1.54, 1.807) is 19.9 Å². The topological polar surface area (TPSA) is 110 Å². The Hall–Kier alpha value is -4.24. The third kappa shape index (κ3) is 6.21. The van der Waals surface area contributed by atoms with E-state index in [0.29, 0.717) is 22.8 Å². The van der Waals surface area contributed by atoms with Gasteiger partial charge in [0.2, 0.25) is 5.95 Å². The number of nitrogens with zero attached hydrogens (tertiary/aromatic N) is 2. The fourth-order valence-corrected chi connectivity index (χ4v) is 4.40. The molecule has 0 aliphatic rings. The molecule has 1 aromatic heterocycles. The molecule has 0 saturated heterocycles. The lowest BCUT2D eigenvalue weighted by Crippen LogP contribution is -2.20. The molecule has 9 heteroatoms. The predicted molar refractivity (Wildman–Crippen MR) is 135 cm³/mol. The molecular weight excluding hydrogens is 464 g/mol. The molecule has 178 valence electrons. The van der Waals surface area contributed by atoms with E-state index in [4.69, 9.17) is 4.74 Å². The summed E-state index contributed by atoms with van der Waals surface area (Å²) in [7, 11) is -3.88. The maximum absolute atomic E-state index is 12.7. The Bertz CT molecular complexity index is 1420. The Labute approximate surface area is 204 Å². The molecule has 0 aliphatic heterocycles. The number of carbonyl (C=O) groups is 1. The molecule has 1 heterocycles. The standard InChI is InChI=1S/C26H24N4O4S/c1-18-16-19(2)28-26(27-18)30-35(32,33)22-14-12-21(13-15-22)29-25(31)17-34-24-11-7-6-10-23(24)20-8-4-3-5-9-20/h3-16H,17H2,1-2H3,(H,29,31)(H,27,28,30). The van der Waals surface area contributed by atoms with Gasteiger partial charge >= 0.3 is 0 Å². The number of hydrogen-bond donors (Lipinski definition) is 2. The van der Waals surface area contributed by atoms with E-state index >= 15 is 0 Å². The summed E-state index contributed by atoms with van der Waals surface area (Å²) in [5.41, 5.74) is 3.62. The molecule has 3 aromatic carbocycles. The number of aromatic nitrogens is 2. The molecule has 0 radical (unpaired) electrons. The van der Waals surface area contributed by atoms with Crippen molar-refractivity contribution >= 4 is 27.6 Å². The first-order valence-corrected chi connectivity index (χ1v) is 12.3. The Morgan fingerprint density at radius 3 is 2.17 bits per heavy atom. The van der Waals surface area contributed by atoms with Crippen LogP contribution in [0, 0.1) is 13.8 Å². The van der Waals surface area contributed by atoms with Gasteiger partial charge in [0.05, 0.1) is 4.90 Å². The first-order chi connectivity index (χ1) is 16.8. The summed E-state index contributed by atoms with van der Waals surface area (Å²) in [4.78, 5) is 20.7. The number of sulfonamides is 1. The summed E-state index contributed by atoms with van der Waals surface area (Å²) < 4.78 is 33.5. The van der Waals surface area contributed by atoms with Crippen molar-refractivity contribution in [2.75, 3.05) is 16.6 Å². The van der Waals surface area contributed by atoms with Crippen LogP contribution in [0.2, 0.25) is 0 Å². The zero-order valence-corrected chi connectivity index (χ0v) is 20.0. The number of benzene rings is 3. The fourth-order valence-electron chi connectivity index (χ4n) is 3.46. The lowest BCUT2D eigenvalue weighted by atomic mass is 10.1. The number of anilines is 2. The van der Waals surface area contributed by atoms with E-state index in [1.165, 1.54) is 24.3 Å². The largest absolute Gasteiger partial charge is 0.483 e. The molecular formula is C26H24N4O4S. The van der Waals surface area contributed by atoms with E-state index in [9.17, 15) is 13.2 Å². The SMILES string of the molecule is Cc1cc(C)nc(NS(=O)(=O)c2ccc(NC(=O)COc3ccccc3-c3ccccc3)cc2)n1. The van der Waals surface area contributed by atoms with E-state index in [0.717, 1.165) is 11.1 Å². The van der Waals surface area contributed by atoms with Gasteiger partial charge in [-0.25, -0.2) is 23.1 Å². The second kappa shape index (κ2) is 10.4. The number of aryl methyl sites for hydroxylation is 2. The van der Waals surface area contributed by atoms with E-state index < -0.39 is 10.0 Å². The first-order valence-electron chi connectivity index (χ1n) is 10.8. The molecule has 0 spiro atoms. The van der Waals surface area contributed by atoms with E-state index in [-0.39, 0.29) is 23.4 Å². The van der Waals surface area contributed by atoms with Crippen LogP contribution in [0.4, 0.5) is 11.6 Å². The second-order valence-electron chi connectivity index (χ2n) is 7.80. The Kier molecular flexibility index (Phi) is 7.07. The van der Waals surface area contributed by atoms with Gasteiger partial charge in [-0.2, -0.15) is 0 Å². The number of amides is 1. The van der Waals surface area contributed by atoms with Crippen molar-refractivity contribution in [2.45, 2.75) is 18.7 Å². The maximum atomic E-state index is 12.7. The van der Waals surface area contributed by atoms with Gasteiger partial charge in [0, 0.05) is 22.6 Å². The van der Waals surface area contributed by atoms with Gasteiger partial charge in [-0.3, -0.25) is 4.79 Å². The van der Waals surface area contributed by atoms with Crippen molar-refractivity contribution in [1.29, 1.82) is 0 Å². The quantitative estimate of drug-likeness (QED) is 0.376. The third-order valence-electron chi connectivity index (χ3n) is 4.99. The average molecular weight is 489 g/mol.